The minimum Gasteiger partial charge on any atom is -0.322 e. The van der Waals surface area contributed by atoms with Crippen LogP contribution < -0.4 is 5.32 Å². The van der Waals surface area contributed by atoms with Crippen LogP contribution in [0.15, 0.2) is 59.5 Å². The van der Waals surface area contributed by atoms with Crippen LogP contribution in [0.4, 0.5) is 5.69 Å². The number of carbonyl (C=O) groups is 1. The normalized spacial score (nSPS) is 15.8. The molecule has 0 aliphatic heterocycles. The molecule has 0 bridgehead atoms. The molecule has 0 radical (unpaired) electrons. The van der Waals surface area contributed by atoms with Crippen LogP contribution in [0.1, 0.15) is 42.5 Å². The lowest BCUT2D eigenvalue weighted by Gasteiger charge is -2.22. The molecule has 5 heteroatoms. The molecule has 4 nitrogen and oxygen atoms in total. The quantitative estimate of drug-likeness (QED) is 0.911. The Balaban J connectivity index is 1.82. The predicted octanol–water partition coefficient (Wildman–Crippen LogP) is 4.05. The van der Waals surface area contributed by atoms with Crippen molar-refractivity contribution in [2.24, 2.45) is 0 Å². The van der Waals surface area contributed by atoms with Gasteiger partial charge in [-0.25, -0.2) is 8.42 Å². The molecule has 1 amide bonds. The van der Waals surface area contributed by atoms with E-state index in [4.69, 9.17) is 0 Å². The van der Waals surface area contributed by atoms with Gasteiger partial charge in [0.25, 0.3) is 5.91 Å². The van der Waals surface area contributed by atoms with E-state index in [1.165, 1.54) is 6.07 Å². The summed E-state index contributed by atoms with van der Waals surface area (Å²) < 4.78 is 25.6. The molecule has 1 aliphatic carbocycles. The van der Waals surface area contributed by atoms with Crippen molar-refractivity contribution in [2.75, 3.05) is 5.32 Å². The first-order valence-corrected chi connectivity index (χ1v) is 9.82. The van der Waals surface area contributed by atoms with Gasteiger partial charge in [-0.1, -0.05) is 43.5 Å². The lowest BCUT2D eigenvalue weighted by Crippen LogP contribution is -2.24. The summed E-state index contributed by atoms with van der Waals surface area (Å²) in [6.07, 6.45) is 4.44. The van der Waals surface area contributed by atoms with Gasteiger partial charge in [0.1, 0.15) is 0 Å². The molecule has 0 aromatic heterocycles. The van der Waals surface area contributed by atoms with Crippen LogP contribution >= 0.6 is 0 Å². The van der Waals surface area contributed by atoms with Crippen LogP contribution in [0.3, 0.4) is 0 Å². The fourth-order valence-corrected chi connectivity index (χ4v) is 5.01. The molecular formula is C19H21NO3S. The number of sulfone groups is 1. The number of rotatable bonds is 4. The second-order valence-corrected chi connectivity index (χ2v) is 8.38. The zero-order chi connectivity index (χ0) is 17.0. The fraction of sp³-hybridized carbons (Fsp3) is 0.316. The Labute approximate surface area is 142 Å². The monoisotopic (exact) mass is 343 g/mol. The molecule has 0 spiro atoms. The maximum Gasteiger partial charge on any atom is 0.255 e. The molecule has 1 aliphatic rings. The van der Waals surface area contributed by atoms with Crippen LogP contribution in [0.2, 0.25) is 0 Å². The van der Waals surface area contributed by atoms with Gasteiger partial charge in [0.2, 0.25) is 0 Å². The van der Waals surface area contributed by atoms with Crippen LogP contribution in [-0.4, -0.2) is 19.6 Å². The van der Waals surface area contributed by atoms with Gasteiger partial charge in [-0.2, -0.15) is 0 Å². The smallest absolute Gasteiger partial charge is 0.255 e. The van der Waals surface area contributed by atoms with Crippen LogP contribution in [0, 0.1) is 0 Å². The van der Waals surface area contributed by atoms with E-state index in [0.717, 1.165) is 19.3 Å². The van der Waals surface area contributed by atoms with Crippen molar-refractivity contribution in [1.82, 2.24) is 0 Å². The minimum atomic E-state index is -3.37. The van der Waals surface area contributed by atoms with E-state index in [1.807, 2.05) is 18.2 Å². The third kappa shape index (κ3) is 3.67. The minimum absolute atomic E-state index is 0.245. The summed E-state index contributed by atoms with van der Waals surface area (Å²) in [6.45, 7) is 0. The fourth-order valence-electron chi connectivity index (χ4n) is 3.11. The number of para-hydroxylation sites is 1. The zero-order valence-corrected chi connectivity index (χ0v) is 14.3. The highest BCUT2D eigenvalue weighted by molar-refractivity contribution is 7.92. The number of benzene rings is 2. The van der Waals surface area contributed by atoms with E-state index in [9.17, 15) is 13.2 Å². The van der Waals surface area contributed by atoms with Gasteiger partial charge in [-0.05, 0) is 43.2 Å². The van der Waals surface area contributed by atoms with Gasteiger partial charge in [-0.15, -0.1) is 0 Å². The summed E-state index contributed by atoms with van der Waals surface area (Å²) in [5.41, 5.74) is 1.04. The molecule has 2 aromatic rings. The van der Waals surface area contributed by atoms with Crippen molar-refractivity contribution in [3.63, 3.8) is 0 Å². The predicted molar refractivity (Wildman–Crippen MR) is 94.9 cm³/mol. The molecule has 0 unspecified atom stereocenters. The lowest BCUT2D eigenvalue weighted by atomic mass is 10.0. The molecular weight excluding hydrogens is 322 g/mol. The highest BCUT2D eigenvalue weighted by Crippen LogP contribution is 2.29. The Morgan fingerprint density at radius 1 is 0.917 bits per heavy atom. The highest BCUT2D eigenvalue weighted by atomic mass is 32.2. The van der Waals surface area contributed by atoms with Gasteiger partial charge < -0.3 is 5.32 Å². The van der Waals surface area contributed by atoms with Crippen molar-refractivity contribution >= 4 is 21.4 Å². The Morgan fingerprint density at radius 2 is 1.62 bits per heavy atom. The number of anilines is 1. The average Bonchev–Trinajstić information content (AvgIpc) is 2.63. The Morgan fingerprint density at radius 3 is 2.33 bits per heavy atom. The van der Waals surface area contributed by atoms with Crippen molar-refractivity contribution in [1.29, 1.82) is 0 Å². The first-order chi connectivity index (χ1) is 11.6. The third-order valence-corrected chi connectivity index (χ3v) is 6.71. The van der Waals surface area contributed by atoms with Crippen molar-refractivity contribution in [2.45, 2.75) is 42.2 Å². The summed E-state index contributed by atoms with van der Waals surface area (Å²) in [4.78, 5) is 12.6. The number of nitrogens with one attached hydrogen (secondary N) is 1. The molecule has 2 aromatic carbocycles. The van der Waals surface area contributed by atoms with Crippen molar-refractivity contribution in [3.05, 3.63) is 60.2 Å². The van der Waals surface area contributed by atoms with Crippen molar-refractivity contribution < 1.29 is 13.2 Å². The van der Waals surface area contributed by atoms with E-state index in [1.54, 1.807) is 30.3 Å². The first kappa shape index (κ1) is 16.7. The maximum absolute atomic E-state index is 12.8. The zero-order valence-electron chi connectivity index (χ0n) is 13.4. The summed E-state index contributed by atoms with van der Waals surface area (Å²) in [7, 11) is -3.37. The standard InChI is InChI=1S/C19H21NO3S/c21-19(20-16-9-3-1-4-10-16)15-8-7-13-18(14-15)24(22,23)17-11-5-2-6-12-17/h1,3-4,7-10,13-14,17H,2,5-6,11-12H2,(H,20,21). The van der Waals surface area contributed by atoms with E-state index in [2.05, 4.69) is 5.32 Å². The Hall–Kier alpha value is -2.14. The largest absolute Gasteiger partial charge is 0.322 e. The summed E-state index contributed by atoms with van der Waals surface area (Å²) >= 11 is 0. The average molecular weight is 343 g/mol. The van der Waals surface area contributed by atoms with Gasteiger partial charge in [0, 0.05) is 11.3 Å². The van der Waals surface area contributed by atoms with Gasteiger partial charge in [-0.3, -0.25) is 4.79 Å². The molecule has 0 heterocycles. The molecule has 0 saturated heterocycles. The van der Waals surface area contributed by atoms with E-state index >= 15 is 0 Å². The second kappa shape index (κ2) is 7.18. The molecule has 1 fully saturated rings. The second-order valence-electron chi connectivity index (χ2n) is 6.15. The molecule has 24 heavy (non-hydrogen) atoms. The van der Waals surface area contributed by atoms with Crippen LogP contribution in [0.5, 0.6) is 0 Å². The van der Waals surface area contributed by atoms with E-state index in [0.29, 0.717) is 24.1 Å². The van der Waals surface area contributed by atoms with Crippen molar-refractivity contribution in [3.8, 4) is 0 Å². The SMILES string of the molecule is O=C(Nc1ccccc1)c1cccc(S(=O)(=O)C2CCCCC2)c1. The number of carbonyl (C=O) groups excluding carboxylic acids is 1. The maximum atomic E-state index is 12.8. The third-order valence-electron chi connectivity index (χ3n) is 4.45. The molecule has 126 valence electrons. The van der Waals surface area contributed by atoms with Crippen LogP contribution in [-0.2, 0) is 9.84 Å². The lowest BCUT2D eigenvalue weighted by molar-refractivity contribution is 0.102. The molecule has 0 atom stereocenters. The molecule has 3 rings (SSSR count). The van der Waals surface area contributed by atoms with Crippen LogP contribution in [0.25, 0.3) is 0 Å². The van der Waals surface area contributed by atoms with E-state index in [-0.39, 0.29) is 16.1 Å². The van der Waals surface area contributed by atoms with Gasteiger partial charge in [0.15, 0.2) is 9.84 Å². The Kier molecular flexibility index (Phi) is 5.00. The summed E-state index contributed by atoms with van der Waals surface area (Å²) in [5, 5.41) is 2.46. The van der Waals surface area contributed by atoms with Gasteiger partial charge >= 0.3 is 0 Å². The number of hydrogen-bond donors (Lipinski definition) is 1. The van der Waals surface area contributed by atoms with Gasteiger partial charge in [0.05, 0.1) is 10.1 Å². The van der Waals surface area contributed by atoms with E-state index < -0.39 is 9.84 Å². The summed E-state index contributed by atoms with van der Waals surface area (Å²) in [6, 6.07) is 15.5. The number of amides is 1. The molecule has 1 saturated carbocycles. The summed E-state index contributed by atoms with van der Waals surface area (Å²) in [5.74, 6) is -0.304. The number of hydrogen-bond acceptors (Lipinski definition) is 3. The molecule has 1 N–H and O–H groups in total. The highest BCUT2D eigenvalue weighted by Gasteiger charge is 2.29. The Bertz CT molecular complexity index is 810. The first-order valence-electron chi connectivity index (χ1n) is 8.28. The topological polar surface area (TPSA) is 63.2 Å².